The number of nitrogens with zero attached hydrogens (tertiary/aromatic N) is 3. The Kier molecular flexibility index (Phi) is 3.92. The van der Waals surface area contributed by atoms with Crippen LogP contribution in [-0.2, 0) is 6.42 Å². The third kappa shape index (κ3) is 2.59. The lowest BCUT2D eigenvalue weighted by Crippen LogP contribution is -2.53. The highest BCUT2D eigenvalue weighted by Crippen LogP contribution is 2.43. The standard InChI is InChI=1S/C22H25N3O/c26-22(24-13-5-7-16-6-1-2-9-21(16)24)25-18-10-11-19(25)15-17(14-18)20-8-3-4-12-23-20/h1-4,6,8-9,12,17-19H,5,7,10-11,13-15H2/t17-,18+,19-. The SMILES string of the molecule is O=C(N1CCCc2ccccc21)N1[C@@H]2CC[C@H]1C[C@@H](c1ccccn1)C2. The Morgan fingerprint density at radius 3 is 2.54 bits per heavy atom. The van der Waals surface area contributed by atoms with Crippen molar-refractivity contribution >= 4 is 11.7 Å². The van der Waals surface area contributed by atoms with Gasteiger partial charge in [0.15, 0.2) is 0 Å². The van der Waals surface area contributed by atoms with Crippen molar-refractivity contribution in [1.29, 1.82) is 0 Å². The van der Waals surface area contributed by atoms with Gasteiger partial charge in [-0.05, 0) is 62.3 Å². The molecule has 3 aliphatic heterocycles. The summed E-state index contributed by atoms with van der Waals surface area (Å²) < 4.78 is 0. The van der Waals surface area contributed by atoms with E-state index in [2.05, 4.69) is 40.2 Å². The second-order valence-corrected chi connectivity index (χ2v) is 7.88. The van der Waals surface area contributed by atoms with Gasteiger partial charge in [-0.25, -0.2) is 4.79 Å². The predicted octanol–water partition coefficient (Wildman–Crippen LogP) is 4.36. The molecule has 26 heavy (non-hydrogen) atoms. The van der Waals surface area contributed by atoms with E-state index in [1.54, 1.807) is 0 Å². The highest BCUT2D eigenvalue weighted by molar-refractivity contribution is 5.94. The second-order valence-electron chi connectivity index (χ2n) is 7.88. The summed E-state index contributed by atoms with van der Waals surface area (Å²) in [5.41, 5.74) is 3.62. The fraction of sp³-hybridized carbons (Fsp3) is 0.455. The molecular formula is C22H25N3O. The van der Waals surface area contributed by atoms with Crippen LogP contribution in [0, 0.1) is 0 Å². The third-order valence-electron chi connectivity index (χ3n) is 6.40. The van der Waals surface area contributed by atoms with Gasteiger partial charge in [0.2, 0.25) is 0 Å². The number of hydrogen-bond acceptors (Lipinski definition) is 2. The van der Waals surface area contributed by atoms with E-state index in [1.165, 1.54) is 11.3 Å². The summed E-state index contributed by atoms with van der Waals surface area (Å²) in [5, 5.41) is 0. The molecule has 3 aliphatic rings. The topological polar surface area (TPSA) is 36.4 Å². The van der Waals surface area contributed by atoms with Gasteiger partial charge in [0, 0.05) is 42.1 Å². The fourth-order valence-electron chi connectivity index (χ4n) is 5.22. The number of rotatable bonds is 1. The van der Waals surface area contributed by atoms with Gasteiger partial charge in [-0.2, -0.15) is 0 Å². The molecule has 2 bridgehead atoms. The van der Waals surface area contributed by atoms with Gasteiger partial charge >= 0.3 is 6.03 Å². The number of hydrogen-bond donors (Lipinski definition) is 0. The molecule has 3 atom stereocenters. The van der Waals surface area contributed by atoms with Gasteiger partial charge < -0.3 is 4.90 Å². The number of piperidine rings is 1. The maximum Gasteiger partial charge on any atom is 0.324 e. The molecule has 4 nitrogen and oxygen atoms in total. The molecule has 2 fully saturated rings. The maximum atomic E-state index is 13.5. The number of benzene rings is 1. The molecule has 2 amide bonds. The van der Waals surface area contributed by atoms with Gasteiger partial charge in [-0.15, -0.1) is 0 Å². The summed E-state index contributed by atoms with van der Waals surface area (Å²) >= 11 is 0. The fourth-order valence-corrected chi connectivity index (χ4v) is 5.22. The Hall–Kier alpha value is -2.36. The number of fused-ring (bicyclic) bond motifs is 3. The van der Waals surface area contributed by atoms with Crippen molar-refractivity contribution in [2.45, 2.75) is 56.5 Å². The largest absolute Gasteiger partial charge is 0.324 e. The molecule has 4 heterocycles. The molecule has 1 aromatic heterocycles. The van der Waals surface area contributed by atoms with E-state index in [0.717, 1.165) is 50.8 Å². The Morgan fingerprint density at radius 2 is 1.77 bits per heavy atom. The molecule has 0 unspecified atom stereocenters. The van der Waals surface area contributed by atoms with Gasteiger partial charge in [0.25, 0.3) is 0 Å². The van der Waals surface area contributed by atoms with Crippen LogP contribution >= 0.6 is 0 Å². The molecule has 134 valence electrons. The highest BCUT2D eigenvalue weighted by atomic mass is 16.2. The number of anilines is 1. The van der Waals surface area contributed by atoms with Crippen molar-refractivity contribution in [3.63, 3.8) is 0 Å². The number of aryl methyl sites for hydroxylation is 1. The number of carbonyl (C=O) groups excluding carboxylic acids is 1. The van der Waals surface area contributed by atoms with Gasteiger partial charge in [0.05, 0.1) is 0 Å². The minimum atomic E-state index is 0.226. The second kappa shape index (κ2) is 6.42. The molecule has 5 rings (SSSR count). The molecule has 2 saturated heterocycles. The number of carbonyl (C=O) groups is 1. The Balaban J connectivity index is 1.38. The summed E-state index contributed by atoms with van der Waals surface area (Å²) in [4.78, 5) is 22.3. The predicted molar refractivity (Wildman–Crippen MR) is 102 cm³/mol. The lowest BCUT2D eigenvalue weighted by Gasteiger charge is -2.42. The lowest BCUT2D eigenvalue weighted by molar-refractivity contribution is 0.142. The van der Waals surface area contributed by atoms with E-state index in [1.807, 2.05) is 23.2 Å². The van der Waals surface area contributed by atoms with Crippen LogP contribution in [0.1, 0.15) is 49.3 Å². The zero-order chi connectivity index (χ0) is 17.5. The van der Waals surface area contributed by atoms with Crippen LogP contribution in [0.3, 0.4) is 0 Å². The van der Waals surface area contributed by atoms with Crippen molar-refractivity contribution in [3.05, 3.63) is 59.9 Å². The average Bonchev–Trinajstić information content (AvgIpc) is 2.97. The maximum absolute atomic E-state index is 13.5. The Morgan fingerprint density at radius 1 is 1.00 bits per heavy atom. The molecule has 0 saturated carbocycles. The van der Waals surface area contributed by atoms with Crippen molar-refractivity contribution in [1.82, 2.24) is 9.88 Å². The van der Waals surface area contributed by atoms with Gasteiger partial charge in [0.1, 0.15) is 0 Å². The van der Waals surface area contributed by atoms with E-state index in [-0.39, 0.29) is 6.03 Å². The summed E-state index contributed by atoms with van der Waals surface area (Å²) in [5.74, 6) is 0.492. The van der Waals surface area contributed by atoms with E-state index < -0.39 is 0 Å². The first-order chi connectivity index (χ1) is 12.8. The number of aromatic nitrogens is 1. The Bertz CT molecular complexity index is 792. The van der Waals surface area contributed by atoms with Crippen LogP contribution < -0.4 is 4.90 Å². The van der Waals surface area contributed by atoms with E-state index in [0.29, 0.717) is 18.0 Å². The van der Waals surface area contributed by atoms with Gasteiger partial charge in [-0.1, -0.05) is 24.3 Å². The smallest absolute Gasteiger partial charge is 0.318 e. The molecule has 2 aromatic rings. The third-order valence-corrected chi connectivity index (χ3v) is 6.40. The molecule has 0 spiro atoms. The molecule has 0 aliphatic carbocycles. The van der Waals surface area contributed by atoms with E-state index in [9.17, 15) is 4.79 Å². The van der Waals surface area contributed by atoms with Crippen LogP contribution in [0.2, 0.25) is 0 Å². The molecule has 0 radical (unpaired) electrons. The van der Waals surface area contributed by atoms with Crippen LogP contribution in [0.25, 0.3) is 0 Å². The summed E-state index contributed by atoms with van der Waals surface area (Å²) in [6.45, 7) is 0.843. The zero-order valence-electron chi connectivity index (χ0n) is 15.1. The number of para-hydroxylation sites is 1. The van der Waals surface area contributed by atoms with Crippen molar-refractivity contribution in [2.75, 3.05) is 11.4 Å². The summed E-state index contributed by atoms with van der Waals surface area (Å²) in [6, 6.07) is 15.5. The van der Waals surface area contributed by atoms with Crippen LogP contribution in [-0.4, -0.2) is 34.5 Å². The van der Waals surface area contributed by atoms with Crippen molar-refractivity contribution in [2.24, 2.45) is 0 Å². The number of pyridine rings is 1. The number of urea groups is 1. The average molecular weight is 347 g/mol. The molecular weight excluding hydrogens is 322 g/mol. The van der Waals surface area contributed by atoms with Crippen LogP contribution in [0.5, 0.6) is 0 Å². The molecule has 0 N–H and O–H groups in total. The lowest BCUT2D eigenvalue weighted by atomic mass is 9.88. The first-order valence-electron chi connectivity index (χ1n) is 9.90. The molecule has 4 heteroatoms. The summed E-state index contributed by atoms with van der Waals surface area (Å²) in [7, 11) is 0. The zero-order valence-corrected chi connectivity index (χ0v) is 15.1. The summed E-state index contributed by atoms with van der Waals surface area (Å²) in [6.07, 6.45) is 8.39. The minimum Gasteiger partial charge on any atom is -0.318 e. The normalized spacial score (nSPS) is 27.3. The van der Waals surface area contributed by atoms with Crippen molar-refractivity contribution < 1.29 is 4.79 Å². The molecule has 1 aromatic carbocycles. The van der Waals surface area contributed by atoms with E-state index in [4.69, 9.17) is 0 Å². The first kappa shape index (κ1) is 15.9. The highest BCUT2D eigenvalue weighted by Gasteiger charge is 2.45. The Labute approximate surface area is 154 Å². The van der Waals surface area contributed by atoms with Crippen LogP contribution in [0.4, 0.5) is 10.5 Å². The monoisotopic (exact) mass is 347 g/mol. The van der Waals surface area contributed by atoms with Crippen LogP contribution in [0.15, 0.2) is 48.7 Å². The minimum absolute atomic E-state index is 0.226. The quantitative estimate of drug-likeness (QED) is 0.768. The van der Waals surface area contributed by atoms with Gasteiger partial charge in [-0.3, -0.25) is 9.88 Å². The number of amides is 2. The first-order valence-corrected chi connectivity index (χ1v) is 9.90. The van der Waals surface area contributed by atoms with E-state index >= 15 is 0 Å². The van der Waals surface area contributed by atoms with Crippen molar-refractivity contribution in [3.8, 4) is 0 Å².